The van der Waals surface area contributed by atoms with Crippen molar-refractivity contribution in [1.29, 1.82) is 0 Å². The molecule has 0 unspecified atom stereocenters. The summed E-state index contributed by atoms with van der Waals surface area (Å²) in [7, 11) is 0. The number of hydrogen-bond donors (Lipinski definition) is 2. The highest BCUT2D eigenvalue weighted by molar-refractivity contribution is 5.14. The lowest BCUT2D eigenvalue weighted by Crippen LogP contribution is -2.58. The molecule has 3 rings (SSSR count). The lowest BCUT2D eigenvalue weighted by Gasteiger charge is -2.41. The summed E-state index contributed by atoms with van der Waals surface area (Å²) in [5.74, 6) is 0. The van der Waals surface area contributed by atoms with Gasteiger partial charge in [-0.25, -0.2) is 0 Å². The summed E-state index contributed by atoms with van der Waals surface area (Å²) in [6.45, 7) is 2.41. The maximum absolute atomic E-state index is 10.6. The van der Waals surface area contributed by atoms with E-state index in [0.29, 0.717) is 6.61 Å². The lowest BCUT2D eigenvalue weighted by molar-refractivity contribution is -0.298. The van der Waals surface area contributed by atoms with Gasteiger partial charge in [0.05, 0.1) is 19.3 Å². The van der Waals surface area contributed by atoms with E-state index in [1.54, 1.807) is 6.92 Å². The van der Waals surface area contributed by atoms with E-state index in [1.165, 1.54) is 0 Å². The first-order chi connectivity index (χ1) is 12.1. The third-order valence-corrected chi connectivity index (χ3v) is 4.34. The zero-order valence-corrected chi connectivity index (χ0v) is 14.2. The van der Waals surface area contributed by atoms with Gasteiger partial charge in [0.25, 0.3) is 0 Å². The maximum Gasteiger partial charge on any atom is 0.184 e. The Morgan fingerprint density at radius 1 is 0.800 bits per heavy atom. The van der Waals surface area contributed by atoms with Crippen LogP contribution >= 0.6 is 0 Å². The van der Waals surface area contributed by atoms with E-state index >= 15 is 0 Å². The molecule has 0 spiro atoms. The third-order valence-electron chi connectivity index (χ3n) is 4.34. The second kappa shape index (κ2) is 8.56. The largest absolute Gasteiger partial charge is 0.387 e. The highest BCUT2D eigenvalue weighted by Gasteiger charge is 2.44. The Morgan fingerprint density at radius 3 is 1.80 bits per heavy atom. The van der Waals surface area contributed by atoms with Crippen molar-refractivity contribution in [3.63, 3.8) is 0 Å². The van der Waals surface area contributed by atoms with Crippen molar-refractivity contribution in [2.75, 3.05) is 0 Å². The fourth-order valence-corrected chi connectivity index (χ4v) is 2.96. The highest BCUT2D eigenvalue weighted by atomic mass is 16.7. The number of benzene rings is 2. The second-order valence-corrected chi connectivity index (χ2v) is 6.24. The van der Waals surface area contributed by atoms with Crippen LogP contribution in [0.2, 0.25) is 0 Å². The first-order valence-corrected chi connectivity index (χ1v) is 8.48. The van der Waals surface area contributed by atoms with Gasteiger partial charge >= 0.3 is 0 Å². The van der Waals surface area contributed by atoms with Crippen molar-refractivity contribution < 1.29 is 24.4 Å². The fourth-order valence-electron chi connectivity index (χ4n) is 2.96. The molecular formula is C20H24O5. The normalized spacial score (nSPS) is 29.5. The van der Waals surface area contributed by atoms with Gasteiger partial charge in [0.1, 0.15) is 18.3 Å². The minimum Gasteiger partial charge on any atom is -0.387 e. The molecule has 2 aromatic carbocycles. The molecular weight excluding hydrogens is 320 g/mol. The molecule has 0 aliphatic carbocycles. The van der Waals surface area contributed by atoms with Crippen LogP contribution in [0.15, 0.2) is 60.7 Å². The molecule has 1 fully saturated rings. The zero-order chi connectivity index (χ0) is 17.6. The number of aliphatic hydroxyl groups excluding tert-OH is 2. The predicted molar refractivity (Wildman–Crippen MR) is 92.6 cm³/mol. The smallest absolute Gasteiger partial charge is 0.184 e. The van der Waals surface area contributed by atoms with E-state index in [-0.39, 0.29) is 6.61 Å². The fraction of sp³-hybridized carbons (Fsp3) is 0.400. The summed E-state index contributed by atoms with van der Waals surface area (Å²) in [5, 5.41) is 20.8. The number of ether oxygens (including phenoxy) is 3. The zero-order valence-electron chi connectivity index (χ0n) is 14.2. The molecule has 0 radical (unpaired) electrons. The molecule has 2 aromatic rings. The van der Waals surface area contributed by atoms with Gasteiger partial charge in [-0.1, -0.05) is 60.7 Å². The van der Waals surface area contributed by atoms with Crippen molar-refractivity contribution in [3.8, 4) is 0 Å². The number of rotatable bonds is 6. The van der Waals surface area contributed by atoms with Crippen LogP contribution in [0, 0.1) is 0 Å². The van der Waals surface area contributed by atoms with Crippen molar-refractivity contribution >= 4 is 0 Å². The van der Waals surface area contributed by atoms with Crippen molar-refractivity contribution in [2.24, 2.45) is 0 Å². The monoisotopic (exact) mass is 344 g/mol. The molecule has 0 saturated carbocycles. The maximum atomic E-state index is 10.6. The Bertz CT molecular complexity index is 578. The molecule has 1 aliphatic heterocycles. The summed E-state index contributed by atoms with van der Waals surface area (Å²) in [4.78, 5) is 0. The van der Waals surface area contributed by atoms with Crippen LogP contribution in [0.3, 0.4) is 0 Å². The van der Waals surface area contributed by atoms with Crippen LogP contribution < -0.4 is 0 Å². The molecule has 1 aliphatic rings. The molecule has 0 bridgehead atoms. The second-order valence-electron chi connectivity index (χ2n) is 6.24. The van der Waals surface area contributed by atoms with Gasteiger partial charge in [-0.3, -0.25) is 0 Å². The van der Waals surface area contributed by atoms with Gasteiger partial charge in [-0.05, 0) is 18.1 Å². The summed E-state index contributed by atoms with van der Waals surface area (Å²) < 4.78 is 17.1. The van der Waals surface area contributed by atoms with E-state index in [2.05, 4.69) is 0 Å². The number of hydrogen-bond acceptors (Lipinski definition) is 5. The van der Waals surface area contributed by atoms with Gasteiger partial charge in [-0.2, -0.15) is 0 Å². The van der Waals surface area contributed by atoms with E-state index in [4.69, 9.17) is 14.2 Å². The summed E-state index contributed by atoms with van der Waals surface area (Å²) in [6.07, 6.45) is -4.05. The van der Waals surface area contributed by atoms with Crippen molar-refractivity contribution in [3.05, 3.63) is 71.8 Å². The number of aliphatic hydroxyl groups is 2. The third kappa shape index (κ3) is 4.66. The van der Waals surface area contributed by atoms with Crippen LogP contribution in [-0.2, 0) is 27.4 Å². The molecule has 0 amide bonds. The average Bonchev–Trinajstić information content (AvgIpc) is 2.63. The molecule has 5 atom stereocenters. The van der Waals surface area contributed by atoms with Crippen molar-refractivity contribution in [2.45, 2.75) is 50.8 Å². The van der Waals surface area contributed by atoms with Gasteiger partial charge in [0, 0.05) is 0 Å². The van der Waals surface area contributed by atoms with Crippen molar-refractivity contribution in [1.82, 2.24) is 0 Å². The van der Waals surface area contributed by atoms with E-state index < -0.39 is 30.7 Å². The van der Waals surface area contributed by atoms with E-state index in [9.17, 15) is 10.2 Å². The molecule has 134 valence electrons. The highest BCUT2D eigenvalue weighted by Crippen LogP contribution is 2.26. The Morgan fingerprint density at radius 2 is 1.28 bits per heavy atom. The van der Waals surface area contributed by atoms with Crippen LogP contribution in [0.5, 0.6) is 0 Å². The van der Waals surface area contributed by atoms with Gasteiger partial charge in [0.2, 0.25) is 0 Å². The van der Waals surface area contributed by atoms with E-state index in [1.807, 2.05) is 60.7 Å². The quantitative estimate of drug-likeness (QED) is 0.841. The average molecular weight is 344 g/mol. The Kier molecular flexibility index (Phi) is 6.18. The molecule has 5 heteroatoms. The van der Waals surface area contributed by atoms with Gasteiger partial charge in [-0.15, -0.1) is 0 Å². The summed E-state index contributed by atoms with van der Waals surface area (Å²) in [6, 6.07) is 19.3. The minimum absolute atomic E-state index is 0.281. The first-order valence-electron chi connectivity index (χ1n) is 8.48. The van der Waals surface area contributed by atoms with E-state index in [0.717, 1.165) is 11.1 Å². The molecule has 1 saturated heterocycles. The molecule has 2 N–H and O–H groups in total. The molecule has 0 aromatic heterocycles. The Labute approximate surface area is 147 Å². The lowest BCUT2D eigenvalue weighted by atomic mass is 9.99. The first kappa shape index (κ1) is 18.0. The topological polar surface area (TPSA) is 68.2 Å². The summed E-state index contributed by atoms with van der Waals surface area (Å²) in [5.41, 5.74) is 1.97. The SMILES string of the molecule is C[C@@H]1O[C@H](O)[C@@H](OCc2ccccc2)[C@H](O)[C@@H]1OCc1ccccc1. The van der Waals surface area contributed by atoms with Crippen LogP contribution in [0.4, 0.5) is 0 Å². The molecule has 25 heavy (non-hydrogen) atoms. The van der Waals surface area contributed by atoms with Crippen LogP contribution in [0.1, 0.15) is 18.1 Å². The summed E-state index contributed by atoms with van der Waals surface area (Å²) >= 11 is 0. The Balaban J connectivity index is 1.61. The van der Waals surface area contributed by atoms with Crippen LogP contribution in [-0.4, -0.2) is 40.9 Å². The van der Waals surface area contributed by atoms with Gasteiger partial charge in [0.15, 0.2) is 6.29 Å². The van der Waals surface area contributed by atoms with Crippen LogP contribution in [0.25, 0.3) is 0 Å². The minimum atomic E-state index is -1.19. The standard InChI is InChI=1S/C20H24O5/c1-14-18(23-12-15-8-4-2-5-9-15)17(21)19(20(22)25-14)24-13-16-10-6-3-7-11-16/h2-11,14,17-22H,12-13H2,1H3/t14-,17+,18+,19-,20-/m0/s1. The van der Waals surface area contributed by atoms with Gasteiger partial charge < -0.3 is 24.4 Å². The predicted octanol–water partition coefficient (Wildman–Crippen LogP) is 2.26. The molecule has 1 heterocycles. The molecule has 5 nitrogen and oxygen atoms in total. The Hall–Kier alpha value is -1.76.